The molecule has 1 aromatic heterocycles. The standard InChI is InChI=1S/C18H16BrNO5/c1-3-23-17(21)15-13(10-4-6-11(19)7-5-10)14-12(25-16(15)20)8-9(2)24-18(14)22/h4-8,13H,3,20H2,1-2H3. The molecule has 130 valence electrons. The molecule has 0 amide bonds. The average molecular weight is 406 g/mol. The molecule has 2 N–H and O–H groups in total. The third-order valence-electron chi connectivity index (χ3n) is 3.83. The highest BCUT2D eigenvalue weighted by atomic mass is 79.9. The van der Waals surface area contributed by atoms with Gasteiger partial charge in [-0.1, -0.05) is 28.1 Å². The van der Waals surface area contributed by atoms with Crippen LogP contribution in [-0.2, 0) is 9.53 Å². The summed E-state index contributed by atoms with van der Waals surface area (Å²) in [4.78, 5) is 25.0. The summed E-state index contributed by atoms with van der Waals surface area (Å²) in [7, 11) is 0. The molecule has 3 rings (SSSR count). The first-order chi connectivity index (χ1) is 11.9. The highest BCUT2D eigenvalue weighted by molar-refractivity contribution is 9.10. The van der Waals surface area contributed by atoms with Crippen LogP contribution in [0.4, 0.5) is 0 Å². The van der Waals surface area contributed by atoms with Crippen LogP contribution in [0.2, 0.25) is 0 Å². The number of ether oxygens (including phenoxy) is 2. The second kappa shape index (κ2) is 6.76. The Balaban J connectivity index is 2.26. The Labute approximate surface area is 152 Å². The number of aryl methyl sites for hydroxylation is 1. The Hall–Kier alpha value is -2.54. The van der Waals surface area contributed by atoms with E-state index in [9.17, 15) is 9.59 Å². The van der Waals surface area contributed by atoms with Crippen LogP contribution in [0.3, 0.4) is 0 Å². The number of rotatable bonds is 3. The van der Waals surface area contributed by atoms with Gasteiger partial charge in [0.25, 0.3) is 0 Å². The first kappa shape index (κ1) is 17.3. The van der Waals surface area contributed by atoms with Crippen LogP contribution >= 0.6 is 15.9 Å². The molecule has 25 heavy (non-hydrogen) atoms. The predicted octanol–water partition coefficient (Wildman–Crippen LogP) is 2.97. The molecule has 0 radical (unpaired) electrons. The van der Waals surface area contributed by atoms with Gasteiger partial charge in [0.05, 0.1) is 18.1 Å². The van der Waals surface area contributed by atoms with Crippen LogP contribution in [0.1, 0.15) is 29.7 Å². The predicted molar refractivity (Wildman–Crippen MR) is 94.2 cm³/mol. The molecular formula is C18H16BrNO5. The number of hydrogen-bond donors (Lipinski definition) is 1. The second-order valence-electron chi connectivity index (χ2n) is 5.51. The SMILES string of the molecule is CCOC(=O)C1=C(N)Oc2cc(C)oc(=O)c2C1c1ccc(Br)cc1. The molecular weight excluding hydrogens is 390 g/mol. The Morgan fingerprint density at radius 1 is 1.32 bits per heavy atom. The van der Waals surface area contributed by atoms with Gasteiger partial charge in [0.15, 0.2) is 0 Å². The molecule has 1 unspecified atom stereocenters. The molecule has 0 spiro atoms. The van der Waals surface area contributed by atoms with Crippen molar-refractivity contribution in [2.45, 2.75) is 19.8 Å². The maximum absolute atomic E-state index is 12.5. The lowest BCUT2D eigenvalue weighted by Crippen LogP contribution is -2.31. The number of nitrogens with two attached hydrogens (primary N) is 1. The van der Waals surface area contributed by atoms with Crippen molar-refractivity contribution in [2.24, 2.45) is 5.73 Å². The van der Waals surface area contributed by atoms with Crippen molar-refractivity contribution in [3.05, 3.63) is 73.6 Å². The molecule has 2 aromatic rings. The van der Waals surface area contributed by atoms with Crippen LogP contribution < -0.4 is 16.1 Å². The summed E-state index contributed by atoms with van der Waals surface area (Å²) in [5, 5.41) is 0. The van der Waals surface area contributed by atoms with Gasteiger partial charge in [-0.05, 0) is 31.5 Å². The first-order valence-corrected chi connectivity index (χ1v) is 8.46. The molecule has 1 aliphatic rings. The number of halogens is 1. The van der Waals surface area contributed by atoms with Crippen molar-refractivity contribution in [3.8, 4) is 5.75 Å². The minimum Gasteiger partial charge on any atom is -0.462 e. The van der Waals surface area contributed by atoms with E-state index in [1.807, 2.05) is 12.1 Å². The molecule has 0 saturated heterocycles. The quantitative estimate of drug-likeness (QED) is 0.789. The summed E-state index contributed by atoms with van der Waals surface area (Å²) >= 11 is 3.37. The van der Waals surface area contributed by atoms with Crippen molar-refractivity contribution in [1.82, 2.24) is 0 Å². The smallest absolute Gasteiger partial charge is 0.343 e. The third kappa shape index (κ3) is 3.19. The van der Waals surface area contributed by atoms with Crippen molar-refractivity contribution in [2.75, 3.05) is 6.61 Å². The maximum atomic E-state index is 12.5. The molecule has 1 aromatic carbocycles. The Kier molecular flexibility index (Phi) is 4.67. The summed E-state index contributed by atoms with van der Waals surface area (Å²) < 4.78 is 16.7. The minimum absolute atomic E-state index is 0.0798. The summed E-state index contributed by atoms with van der Waals surface area (Å²) in [5.41, 5.74) is 6.45. The van der Waals surface area contributed by atoms with Gasteiger partial charge < -0.3 is 19.6 Å². The van der Waals surface area contributed by atoms with E-state index < -0.39 is 17.5 Å². The highest BCUT2D eigenvalue weighted by Crippen LogP contribution is 2.41. The highest BCUT2D eigenvalue weighted by Gasteiger charge is 2.38. The molecule has 0 aliphatic carbocycles. The molecule has 7 heteroatoms. The van der Waals surface area contributed by atoms with Gasteiger partial charge in [-0.25, -0.2) is 9.59 Å². The van der Waals surface area contributed by atoms with Gasteiger partial charge in [0.2, 0.25) is 5.88 Å². The van der Waals surface area contributed by atoms with Gasteiger partial charge in [0, 0.05) is 10.5 Å². The summed E-state index contributed by atoms with van der Waals surface area (Å²) in [6.07, 6.45) is 0. The fourth-order valence-electron chi connectivity index (χ4n) is 2.81. The fourth-order valence-corrected chi connectivity index (χ4v) is 3.08. The monoisotopic (exact) mass is 405 g/mol. The van der Waals surface area contributed by atoms with Crippen molar-refractivity contribution >= 4 is 21.9 Å². The van der Waals surface area contributed by atoms with E-state index in [0.29, 0.717) is 11.3 Å². The second-order valence-corrected chi connectivity index (χ2v) is 6.42. The number of fused-ring (bicyclic) bond motifs is 1. The largest absolute Gasteiger partial charge is 0.462 e. The van der Waals surface area contributed by atoms with Crippen molar-refractivity contribution < 1.29 is 18.7 Å². The Morgan fingerprint density at radius 3 is 2.64 bits per heavy atom. The van der Waals surface area contributed by atoms with Crippen molar-refractivity contribution in [3.63, 3.8) is 0 Å². The molecule has 2 heterocycles. The van der Waals surface area contributed by atoms with E-state index in [2.05, 4.69) is 15.9 Å². The van der Waals surface area contributed by atoms with E-state index in [4.69, 9.17) is 19.6 Å². The van der Waals surface area contributed by atoms with E-state index in [0.717, 1.165) is 4.47 Å². The van der Waals surface area contributed by atoms with Gasteiger partial charge in [-0.3, -0.25) is 0 Å². The van der Waals surface area contributed by atoms with Gasteiger partial charge in [-0.2, -0.15) is 0 Å². The summed E-state index contributed by atoms with van der Waals surface area (Å²) in [5.74, 6) is -0.756. The van der Waals surface area contributed by atoms with E-state index in [1.54, 1.807) is 32.0 Å². The Bertz CT molecular complexity index is 914. The van der Waals surface area contributed by atoms with Gasteiger partial charge in [0.1, 0.15) is 17.1 Å². The summed E-state index contributed by atoms with van der Waals surface area (Å²) in [6, 6.07) is 8.82. The van der Waals surface area contributed by atoms with Gasteiger partial charge >= 0.3 is 11.6 Å². The van der Waals surface area contributed by atoms with E-state index in [1.165, 1.54) is 0 Å². The lowest BCUT2D eigenvalue weighted by atomic mass is 9.84. The topological polar surface area (TPSA) is 91.8 Å². The number of hydrogen-bond acceptors (Lipinski definition) is 6. The van der Waals surface area contributed by atoms with E-state index >= 15 is 0 Å². The van der Waals surface area contributed by atoms with Crippen LogP contribution in [0.5, 0.6) is 5.75 Å². The van der Waals surface area contributed by atoms with Crippen LogP contribution in [0.15, 0.2) is 55.5 Å². The van der Waals surface area contributed by atoms with Crippen LogP contribution in [-0.4, -0.2) is 12.6 Å². The average Bonchev–Trinajstić information content (AvgIpc) is 2.54. The lowest BCUT2D eigenvalue weighted by molar-refractivity contribution is -0.139. The third-order valence-corrected chi connectivity index (χ3v) is 4.36. The summed E-state index contributed by atoms with van der Waals surface area (Å²) in [6.45, 7) is 3.51. The van der Waals surface area contributed by atoms with E-state index in [-0.39, 0.29) is 29.4 Å². The van der Waals surface area contributed by atoms with Crippen LogP contribution in [0, 0.1) is 6.92 Å². The molecule has 1 aliphatic heterocycles. The number of carbonyl (C=O) groups is 1. The van der Waals surface area contributed by atoms with Crippen molar-refractivity contribution in [1.29, 1.82) is 0 Å². The zero-order chi connectivity index (χ0) is 18.1. The lowest BCUT2D eigenvalue weighted by Gasteiger charge is -2.27. The molecule has 6 nitrogen and oxygen atoms in total. The fraction of sp³-hybridized carbons (Fsp3) is 0.222. The van der Waals surface area contributed by atoms with Crippen LogP contribution in [0.25, 0.3) is 0 Å². The number of benzene rings is 1. The number of carbonyl (C=O) groups excluding carboxylic acids is 1. The molecule has 0 bridgehead atoms. The minimum atomic E-state index is -0.729. The molecule has 1 atom stereocenters. The Morgan fingerprint density at radius 2 is 2.00 bits per heavy atom. The molecule has 0 saturated carbocycles. The maximum Gasteiger partial charge on any atom is 0.343 e. The zero-order valence-electron chi connectivity index (χ0n) is 13.7. The normalized spacial score (nSPS) is 16.2. The first-order valence-electron chi connectivity index (χ1n) is 7.67. The molecule has 0 fully saturated rings. The number of esters is 1. The zero-order valence-corrected chi connectivity index (χ0v) is 15.3. The van der Waals surface area contributed by atoms with Gasteiger partial charge in [-0.15, -0.1) is 0 Å².